The Morgan fingerprint density at radius 2 is 2.10 bits per heavy atom. The highest BCUT2D eigenvalue weighted by molar-refractivity contribution is 9.10. The van der Waals surface area contributed by atoms with Crippen molar-refractivity contribution in [1.29, 1.82) is 0 Å². The Kier molecular flexibility index (Phi) is 5.11. The molecule has 21 heavy (non-hydrogen) atoms. The third-order valence-electron chi connectivity index (χ3n) is 2.86. The van der Waals surface area contributed by atoms with E-state index in [2.05, 4.69) is 38.1 Å². The topological polar surface area (TPSA) is 54.0 Å². The summed E-state index contributed by atoms with van der Waals surface area (Å²) in [7, 11) is 0. The van der Waals surface area contributed by atoms with Crippen LogP contribution in [-0.2, 0) is 0 Å². The van der Waals surface area contributed by atoms with Crippen LogP contribution in [0.15, 0.2) is 53.7 Å². The third-order valence-corrected chi connectivity index (χ3v) is 3.71. The van der Waals surface area contributed by atoms with Gasteiger partial charge in [0.05, 0.1) is 0 Å². The molecule has 0 aliphatic rings. The smallest absolute Gasteiger partial charge is 0.270 e. The number of amides is 1. The predicted octanol–water partition coefficient (Wildman–Crippen LogP) is 3.81. The number of nitrogens with one attached hydrogen (secondary N) is 2. The number of aromatic nitrogens is 1. The minimum atomic E-state index is -0.219. The maximum absolute atomic E-state index is 11.9. The molecule has 5 heteroatoms. The highest BCUT2D eigenvalue weighted by Gasteiger charge is 2.07. The fraction of sp³-hybridized carbons (Fsp3) is 0.125. The Labute approximate surface area is 132 Å². The molecule has 108 valence electrons. The fourth-order valence-corrected chi connectivity index (χ4v) is 2.10. The van der Waals surface area contributed by atoms with Crippen LogP contribution in [0.2, 0.25) is 0 Å². The van der Waals surface area contributed by atoms with Crippen LogP contribution >= 0.6 is 15.9 Å². The molecule has 0 saturated carbocycles. The van der Waals surface area contributed by atoms with Gasteiger partial charge in [-0.15, -0.1) is 6.58 Å². The van der Waals surface area contributed by atoms with Gasteiger partial charge in [0.1, 0.15) is 5.69 Å². The van der Waals surface area contributed by atoms with Gasteiger partial charge in [-0.25, -0.2) is 0 Å². The Morgan fingerprint density at radius 1 is 1.33 bits per heavy atom. The quantitative estimate of drug-likeness (QED) is 0.810. The lowest BCUT2D eigenvalue weighted by Crippen LogP contribution is -2.24. The summed E-state index contributed by atoms with van der Waals surface area (Å²) in [5.74, 6) is -0.219. The van der Waals surface area contributed by atoms with Crippen LogP contribution in [0.1, 0.15) is 16.1 Å². The third kappa shape index (κ3) is 4.16. The molecule has 0 spiro atoms. The molecule has 0 radical (unpaired) electrons. The molecule has 2 aromatic rings. The first-order valence-electron chi connectivity index (χ1n) is 6.48. The van der Waals surface area contributed by atoms with Crippen molar-refractivity contribution in [1.82, 2.24) is 10.3 Å². The predicted molar refractivity (Wildman–Crippen MR) is 88.9 cm³/mol. The van der Waals surface area contributed by atoms with Gasteiger partial charge >= 0.3 is 0 Å². The average Bonchev–Trinajstić information content (AvgIpc) is 2.49. The minimum absolute atomic E-state index is 0.219. The number of hydrogen-bond donors (Lipinski definition) is 2. The Bertz CT molecular complexity index is 670. The minimum Gasteiger partial charge on any atom is -0.355 e. The zero-order chi connectivity index (χ0) is 15.2. The van der Waals surface area contributed by atoms with Crippen molar-refractivity contribution >= 4 is 33.2 Å². The van der Waals surface area contributed by atoms with Crippen molar-refractivity contribution < 1.29 is 4.79 Å². The van der Waals surface area contributed by atoms with Crippen LogP contribution in [-0.4, -0.2) is 17.4 Å². The first-order chi connectivity index (χ1) is 10.1. The summed E-state index contributed by atoms with van der Waals surface area (Å²) in [6, 6.07) is 9.53. The van der Waals surface area contributed by atoms with Crippen molar-refractivity contribution in [2.45, 2.75) is 6.92 Å². The SMILES string of the molecule is C=CCNC(=O)c1cc(Nc2ccc(C)c(Br)c2)ccn1. The van der Waals surface area contributed by atoms with Crippen LogP contribution in [0.25, 0.3) is 0 Å². The summed E-state index contributed by atoms with van der Waals surface area (Å²) in [5, 5.41) is 5.95. The van der Waals surface area contributed by atoms with E-state index in [4.69, 9.17) is 0 Å². The van der Waals surface area contributed by atoms with E-state index in [1.54, 1.807) is 18.3 Å². The number of carbonyl (C=O) groups excluding carboxylic acids is 1. The van der Waals surface area contributed by atoms with E-state index in [9.17, 15) is 4.79 Å². The van der Waals surface area contributed by atoms with E-state index in [1.807, 2.05) is 31.2 Å². The molecule has 4 nitrogen and oxygen atoms in total. The van der Waals surface area contributed by atoms with E-state index >= 15 is 0 Å². The molecule has 2 rings (SSSR count). The average molecular weight is 346 g/mol. The maximum atomic E-state index is 11.9. The van der Waals surface area contributed by atoms with Crippen molar-refractivity contribution in [3.05, 3.63) is 64.9 Å². The number of anilines is 2. The molecule has 0 saturated heterocycles. The molecule has 0 aliphatic carbocycles. The zero-order valence-electron chi connectivity index (χ0n) is 11.7. The van der Waals surface area contributed by atoms with Crippen LogP contribution < -0.4 is 10.6 Å². The number of pyridine rings is 1. The van der Waals surface area contributed by atoms with Gasteiger partial charge in [0.15, 0.2) is 0 Å². The molecule has 0 unspecified atom stereocenters. The maximum Gasteiger partial charge on any atom is 0.270 e. The number of halogens is 1. The van der Waals surface area contributed by atoms with Gasteiger partial charge in [-0.3, -0.25) is 9.78 Å². The lowest BCUT2D eigenvalue weighted by atomic mass is 10.2. The molecular weight excluding hydrogens is 330 g/mol. The van der Waals surface area contributed by atoms with Crippen LogP contribution in [0.4, 0.5) is 11.4 Å². The van der Waals surface area contributed by atoms with Gasteiger partial charge in [0, 0.05) is 28.6 Å². The Balaban J connectivity index is 2.15. The van der Waals surface area contributed by atoms with Crippen molar-refractivity contribution in [2.24, 2.45) is 0 Å². The molecule has 0 aliphatic heterocycles. The largest absolute Gasteiger partial charge is 0.355 e. The second-order valence-corrected chi connectivity index (χ2v) is 5.37. The standard InChI is InChI=1S/C16H16BrN3O/c1-3-7-19-16(21)15-10-13(6-8-18-15)20-12-5-4-11(2)14(17)9-12/h3-6,8-10H,1,7H2,2H3,(H,18,20)(H,19,21). The lowest BCUT2D eigenvalue weighted by molar-refractivity contribution is 0.0953. The number of carbonyl (C=O) groups is 1. The van der Waals surface area contributed by atoms with Crippen molar-refractivity contribution in [3.63, 3.8) is 0 Å². The Hall–Kier alpha value is -2.14. The highest BCUT2D eigenvalue weighted by atomic mass is 79.9. The number of aryl methyl sites for hydroxylation is 1. The number of rotatable bonds is 5. The number of benzene rings is 1. The summed E-state index contributed by atoms with van der Waals surface area (Å²) in [5.41, 5.74) is 3.29. The van der Waals surface area contributed by atoms with Crippen molar-refractivity contribution in [2.75, 3.05) is 11.9 Å². The number of hydrogen-bond acceptors (Lipinski definition) is 3. The van der Waals surface area contributed by atoms with E-state index in [0.29, 0.717) is 12.2 Å². The summed E-state index contributed by atoms with van der Waals surface area (Å²) >= 11 is 3.50. The monoisotopic (exact) mass is 345 g/mol. The second-order valence-electron chi connectivity index (χ2n) is 4.52. The molecule has 0 atom stereocenters. The van der Waals surface area contributed by atoms with Gasteiger partial charge in [0.2, 0.25) is 0 Å². The molecular formula is C16H16BrN3O. The van der Waals surface area contributed by atoms with Gasteiger partial charge in [0.25, 0.3) is 5.91 Å². The van der Waals surface area contributed by atoms with E-state index < -0.39 is 0 Å². The number of nitrogens with zero attached hydrogens (tertiary/aromatic N) is 1. The van der Waals surface area contributed by atoms with Crippen molar-refractivity contribution in [3.8, 4) is 0 Å². The molecule has 1 aromatic carbocycles. The molecule has 0 fully saturated rings. The van der Waals surface area contributed by atoms with Crippen LogP contribution in [0, 0.1) is 6.92 Å². The Morgan fingerprint density at radius 3 is 2.81 bits per heavy atom. The summed E-state index contributed by atoms with van der Waals surface area (Å²) in [4.78, 5) is 15.9. The van der Waals surface area contributed by atoms with Crippen LogP contribution in [0.5, 0.6) is 0 Å². The molecule has 1 heterocycles. The first-order valence-corrected chi connectivity index (χ1v) is 7.28. The molecule has 2 N–H and O–H groups in total. The van der Waals surface area contributed by atoms with Crippen LogP contribution in [0.3, 0.4) is 0 Å². The van der Waals surface area contributed by atoms with E-state index in [1.165, 1.54) is 5.56 Å². The van der Waals surface area contributed by atoms with Gasteiger partial charge in [-0.2, -0.15) is 0 Å². The van der Waals surface area contributed by atoms with E-state index in [0.717, 1.165) is 15.8 Å². The fourth-order valence-electron chi connectivity index (χ4n) is 1.73. The summed E-state index contributed by atoms with van der Waals surface area (Å²) in [6.07, 6.45) is 3.23. The van der Waals surface area contributed by atoms with Gasteiger partial charge < -0.3 is 10.6 Å². The molecule has 1 aromatic heterocycles. The first kappa shape index (κ1) is 15.3. The normalized spacial score (nSPS) is 10.0. The summed E-state index contributed by atoms with van der Waals surface area (Å²) in [6.45, 7) is 6.01. The second kappa shape index (κ2) is 7.04. The van der Waals surface area contributed by atoms with Gasteiger partial charge in [-0.05, 0) is 36.8 Å². The highest BCUT2D eigenvalue weighted by Crippen LogP contribution is 2.23. The summed E-state index contributed by atoms with van der Waals surface area (Å²) < 4.78 is 1.03. The van der Waals surface area contributed by atoms with E-state index in [-0.39, 0.29) is 5.91 Å². The zero-order valence-corrected chi connectivity index (χ0v) is 13.3. The molecule has 1 amide bonds. The molecule has 0 bridgehead atoms. The lowest BCUT2D eigenvalue weighted by Gasteiger charge is -2.09. The van der Waals surface area contributed by atoms with Gasteiger partial charge in [-0.1, -0.05) is 28.1 Å².